The predicted octanol–water partition coefficient (Wildman–Crippen LogP) is 2.16. The molecule has 2 rings (SSSR count). The van der Waals surface area contributed by atoms with E-state index in [1.54, 1.807) is 7.11 Å². The van der Waals surface area contributed by atoms with Gasteiger partial charge in [-0.2, -0.15) is 5.26 Å². The third kappa shape index (κ3) is 2.38. The van der Waals surface area contributed by atoms with Crippen molar-refractivity contribution < 1.29 is 4.74 Å². The Kier molecular flexibility index (Phi) is 3.55. The van der Waals surface area contributed by atoms with Crippen molar-refractivity contribution in [1.82, 2.24) is 0 Å². The second kappa shape index (κ2) is 4.94. The number of nitrogen functional groups attached to an aromatic ring is 1. The first-order valence-corrected chi connectivity index (χ1v) is 6.53. The summed E-state index contributed by atoms with van der Waals surface area (Å²) in [7, 11) is 3.72. The molecule has 0 amide bonds. The average molecular weight is 251 g/mol. The highest BCUT2D eigenvalue weighted by Crippen LogP contribution is 2.51. The van der Waals surface area contributed by atoms with E-state index in [9.17, 15) is 0 Å². The van der Waals surface area contributed by atoms with Crippen molar-refractivity contribution in [2.24, 2.45) is 0 Å². The fraction of sp³-hybridized carbons (Fsp3) is 0.583. The maximum absolute atomic E-state index is 9.05. The van der Waals surface area contributed by atoms with Crippen molar-refractivity contribution >= 4 is 22.0 Å². The zero-order chi connectivity index (χ0) is 12.4. The minimum Gasteiger partial charge on any atom is -0.397 e. The lowest BCUT2D eigenvalue weighted by molar-refractivity contribution is 0.206. The number of rotatable bonds is 5. The van der Waals surface area contributed by atoms with Crippen LogP contribution in [0.1, 0.15) is 29.2 Å². The first kappa shape index (κ1) is 12.2. The molecule has 0 saturated heterocycles. The molecule has 0 atom stereocenters. The number of nitrogens with two attached hydrogens (primary N) is 1. The van der Waals surface area contributed by atoms with Crippen LogP contribution in [0.15, 0.2) is 0 Å². The Morgan fingerprint density at radius 1 is 1.59 bits per heavy atom. The summed E-state index contributed by atoms with van der Waals surface area (Å²) < 4.78 is 5.08. The van der Waals surface area contributed by atoms with Gasteiger partial charge >= 0.3 is 0 Å². The van der Waals surface area contributed by atoms with E-state index in [-0.39, 0.29) is 0 Å². The number of methoxy groups -OCH3 is 1. The van der Waals surface area contributed by atoms with Gasteiger partial charge in [0, 0.05) is 26.3 Å². The summed E-state index contributed by atoms with van der Waals surface area (Å²) in [4.78, 5) is 2.78. The normalized spacial score (nSPS) is 14.6. The Balaban J connectivity index is 2.29. The Bertz CT molecular complexity index is 445. The van der Waals surface area contributed by atoms with Gasteiger partial charge in [0.15, 0.2) is 0 Å². The number of likely N-dealkylation sites (N-methyl/N-ethyl adjacent to an activating group) is 1. The highest BCUT2D eigenvalue weighted by atomic mass is 32.1. The molecule has 1 aliphatic carbocycles. The quantitative estimate of drug-likeness (QED) is 0.871. The standard InChI is InChI=1S/C12H17N3OS/c1-15(5-6-16-2)12-10(8-3-4-8)11(14)9(7-13)17-12/h8H,3-6,14H2,1-2H3. The molecule has 4 nitrogen and oxygen atoms in total. The van der Waals surface area contributed by atoms with Crippen molar-refractivity contribution in [2.45, 2.75) is 18.8 Å². The zero-order valence-electron chi connectivity index (χ0n) is 10.2. The smallest absolute Gasteiger partial charge is 0.130 e. The van der Waals surface area contributed by atoms with Crippen LogP contribution in [0.5, 0.6) is 0 Å². The van der Waals surface area contributed by atoms with Gasteiger partial charge in [-0.05, 0) is 18.8 Å². The molecule has 5 heteroatoms. The molecule has 92 valence electrons. The van der Waals surface area contributed by atoms with Crippen LogP contribution in [0.25, 0.3) is 0 Å². The fourth-order valence-corrected chi connectivity index (χ4v) is 3.00. The maximum atomic E-state index is 9.05. The van der Waals surface area contributed by atoms with Crippen molar-refractivity contribution in [2.75, 3.05) is 37.9 Å². The van der Waals surface area contributed by atoms with E-state index in [0.717, 1.165) is 11.5 Å². The lowest BCUT2D eigenvalue weighted by atomic mass is 10.1. The van der Waals surface area contributed by atoms with E-state index in [1.165, 1.54) is 29.7 Å². The number of hydrogen-bond acceptors (Lipinski definition) is 5. The summed E-state index contributed by atoms with van der Waals surface area (Å²) in [5, 5.41) is 10.2. The summed E-state index contributed by atoms with van der Waals surface area (Å²) in [6, 6.07) is 2.19. The van der Waals surface area contributed by atoms with Crippen LogP contribution in [-0.2, 0) is 4.74 Å². The van der Waals surface area contributed by atoms with Gasteiger partial charge in [-0.15, -0.1) is 11.3 Å². The van der Waals surface area contributed by atoms with Gasteiger partial charge in [-0.25, -0.2) is 0 Å². The number of hydrogen-bond donors (Lipinski definition) is 1. The van der Waals surface area contributed by atoms with Gasteiger partial charge in [-0.1, -0.05) is 0 Å². The number of nitriles is 1. The second-order valence-corrected chi connectivity index (χ2v) is 5.36. The van der Waals surface area contributed by atoms with Crippen LogP contribution < -0.4 is 10.6 Å². The lowest BCUT2D eigenvalue weighted by Gasteiger charge is -2.18. The number of thiophene rings is 1. The molecular weight excluding hydrogens is 234 g/mol. The number of nitrogens with zero attached hydrogens (tertiary/aromatic N) is 2. The summed E-state index contributed by atoms with van der Waals surface area (Å²) in [5.41, 5.74) is 7.93. The molecule has 1 heterocycles. The molecule has 1 aromatic rings. The minimum absolute atomic E-state index is 0.563. The van der Waals surface area contributed by atoms with Crippen LogP contribution >= 0.6 is 11.3 Å². The van der Waals surface area contributed by atoms with Crippen LogP contribution in [0.2, 0.25) is 0 Å². The van der Waals surface area contributed by atoms with E-state index in [0.29, 0.717) is 23.1 Å². The van der Waals surface area contributed by atoms with E-state index in [2.05, 4.69) is 11.0 Å². The van der Waals surface area contributed by atoms with Gasteiger partial charge in [0.2, 0.25) is 0 Å². The van der Waals surface area contributed by atoms with E-state index in [4.69, 9.17) is 15.7 Å². The second-order valence-electron chi connectivity index (χ2n) is 4.36. The molecule has 0 unspecified atom stereocenters. The SMILES string of the molecule is COCCN(C)c1sc(C#N)c(N)c1C1CC1. The molecule has 0 aromatic carbocycles. The molecule has 0 bridgehead atoms. The Morgan fingerprint density at radius 3 is 2.82 bits per heavy atom. The Labute approximate surface area is 106 Å². The van der Waals surface area contributed by atoms with E-state index >= 15 is 0 Å². The van der Waals surface area contributed by atoms with Crippen LogP contribution in [-0.4, -0.2) is 27.3 Å². The molecular formula is C12H17N3OS. The van der Waals surface area contributed by atoms with Crippen LogP contribution in [0, 0.1) is 11.3 Å². The van der Waals surface area contributed by atoms with Crippen LogP contribution in [0.4, 0.5) is 10.7 Å². The highest BCUT2D eigenvalue weighted by Gasteiger charge is 2.32. The van der Waals surface area contributed by atoms with Gasteiger partial charge < -0.3 is 15.4 Å². The van der Waals surface area contributed by atoms with Crippen LogP contribution in [0.3, 0.4) is 0 Å². The molecule has 1 fully saturated rings. The monoisotopic (exact) mass is 251 g/mol. The fourth-order valence-electron chi connectivity index (χ4n) is 1.91. The summed E-state index contributed by atoms with van der Waals surface area (Å²) in [6.45, 7) is 1.50. The van der Waals surface area contributed by atoms with E-state index in [1.807, 2.05) is 7.05 Å². The number of anilines is 2. The molecule has 1 saturated carbocycles. The third-order valence-electron chi connectivity index (χ3n) is 3.03. The average Bonchev–Trinajstić information content (AvgIpc) is 3.10. The molecule has 1 aliphatic rings. The summed E-state index contributed by atoms with van der Waals surface area (Å²) >= 11 is 1.50. The topological polar surface area (TPSA) is 62.3 Å². The third-order valence-corrected chi connectivity index (χ3v) is 4.27. The maximum Gasteiger partial charge on any atom is 0.130 e. The largest absolute Gasteiger partial charge is 0.397 e. The van der Waals surface area contributed by atoms with E-state index < -0.39 is 0 Å². The van der Waals surface area contributed by atoms with Gasteiger partial charge in [0.25, 0.3) is 0 Å². The molecule has 2 N–H and O–H groups in total. The predicted molar refractivity (Wildman–Crippen MR) is 70.6 cm³/mol. The molecule has 0 spiro atoms. The van der Waals surface area contributed by atoms with Gasteiger partial charge in [-0.3, -0.25) is 0 Å². The first-order chi connectivity index (χ1) is 8.19. The van der Waals surface area contributed by atoms with Crippen molar-refractivity contribution in [3.8, 4) is 6.07 Å². The Hall–Kier alpha value is -1.25. The van der Waals surface area contributed by atoms with Crippen molar-refractivity contribution in [1.29, 1.82) is 5.26 Å². The van der Waals surface area contributed by atoms with Crippen molar-refractivity contribution in [3.05, 3.63) is 10.4 Å². The molecule has 1 aromatic heterocycles. The Morgan fingerprint density at radius 2 is 2.29 bits per heavy atom. The summed E-state index contributed by atoms with van der Waals surface area (Å²) in [5.74, 6) is 0.563. The van der Waals surface area contributed by atoms with Gasteiger partial charge in [0.05, 0.1) is 17.3 Å². The highest BCUT2D eigenvalue weighted by molar-refractivity contribution is 7.17. The molecule has 0 aliphatic heterocycles. The zero-order valence-corrected chi connectivity index (χ0v) is 11.0. The molecule has 0 radical (unpaired) electrons. The lowest BCUT2D eigenvalue weighted by Crippen LogP contribution is -2.22. The van der Waals surface area contributed by atoms with Gasteiger partial charge in [0.1, 0.15) is 10.9 Å². The number of ether oxygens (including phenoxy) is 1. The first-order valence-electron chi connectivity index (χ1n) is 5.71. The summed E-state index contributed by atoms with van der Waals surface area (Å²) in [6.07, 6.45) is 2.38. The minimum atomic E-state index is 0.563. The molecule has 17 heavy (non-hydrogen) atoms. The van der Waals surface area contributed by atoms with Crippen molar-refractivity contribution in [3.63, 3.8) is 0 Å².